The molecule has 0 atom stereocenters. The van der Waals surface area contributed by atoms with E-state index in [1.54, 1.807) is 29.6 Å². The molecule has 0 aliphatic carbocycles. The van der Waals surface area contributed by atoms with Gasteiger partial charge in [-0.3, -0.25) is 4.99 Å². The zero-order chi connectivity index (χ0) is 18.8. The van der Waals surface area contributed by atoms with E-state index in [4.69, 9.17) is 0 Å². The summed E-state index contributed by atoms with van der Waals surface area (Å²) >= 11 is 1.18. The lowest BCUT2D eigenvalue weighted by Gasteiger charge is -2.11. The van der Waals surface area contributed by atoms with Gasteiger partial charge in [-0.15, -0.1) is 11.3 Å². The Labute approximate surface area is 157 Å². The minimum atomic E-state index is -3.46. The van der Waals surface area contributed by atoms with E-state index in [9.17, 15) is 12.8 Å². The second kappa shape index (κ2) is 10.2. The number of hydrogen-bond acceptors (Lipinski definition) is 4. The summed E-state index contributed by atoms with van der Waals surface area (Å²) < 4.78 is 39.7. The van der Waals surface area contributed by atoms with Gasteiger partial charge in [-0.25, -0.2) is 17.5 Å². The molecule has 1 heterocycles. The first-order chi connectivity index (χ1) is 12.5. The van der Waals surface area contributed by atoms with Gasteiger partial charge in [0.05, 0.1) is 6.54 Å². The van der Waals surface area contributed by atoms with Crippen LogP contribution in [0.25, 0.3) is 0 Å². The number of hydrogen-bond donors (Lipinski definition) is 3. The normalized spacial score (nSPS) is 12.2. The third-order valence-electron chi connectivity index (χ3n) is 3.40. The molecule has 0 saturated heterocycles. The molecule has 0 radical (unpaired) electrons. The van der Waals surface area contributed by atoms with Gasteiger partial charge < -0.3 is 10.6 Å². The Morgan fingerprint density at radius 2 is 1.92 bits per heavy atom. The standard InChI is InChI=1S/C17H23FN4O2S2/c1-2-19-17(20-10-9-14-5-7-15(18)8-6-14)21-11-12-22-26(23,24)16-4-3-13-25-16/h3-8,13,22H,2,9-12H2,1H3,(H2,19,20,21). The molecule has 2 aromatic rings. The van der Waals surface area contributed by atoms with Crippen LogP contribution in [0.15, 0.2) is 51.0 Å². The number of halogens is 1. The Balaban J connectivity index is 1.77. The van der Waals surface area contributed by atoms with Gasteiger partial charge in [-0.1, -0.05) is 18.2 Å². The molecule has 0 aliphatic rings. The number of nitrogens with zero attached hydrogens (tertiary/aromatic N) is 1. The number of guanidine groups is 1. The van der Waals surface area contributed by atoms with Gasteiger partial charge in [0, 0.05) is 19.6 Å². The molecule has 0 bridgehead atoms. The molecule has 26 heavy (non-hydrogen) atoms. The van der Waals surface area contributed by atoms with Crippen molar-refractivity contribution in [2.24, 2.45) is 4.99 Å². The Morgan fingerprint density at radius 3 is 2.58 bits per heavy atom. The quantitative estimate of drug-likeness (QED) is 0.343. The van der Waals surface area contributed by atoms with Crippen LogP contribution in [0.5, 0.6) is 0 Å². The topological polar surface area (TPSA) is 82.6 Å². The molecule has 0 unspecified atom stereocenters. The highest BCUT2D eigenvalue weighted by Gasteiger charge is 2.13. The average Bonchev–Trinajstić information content (AvgIpc) is 3.16. The van der Waals surface area contributed by atoms with Gasteiger partial charge in [-0.2, -0.15) is 0 Å². The molecule has 0 saturated carbocycles. The first kappa shape index (κ1) is 20.3. The highest BCUT2D eigenvalue weighted by Crippen LogP contribution is 2.14. The first-order valence-electron chi connectivity index (χ1n) is 8.31. The molecule has 142 valence electrons. The summed E-state index contributed by atoms with van der Waals surface area (Å²) in [5.74, 6) is 0.367. The predicted molar refractivity (Wildman–Crippen MR) is 104 cm³/mol. The van der Waals surface area contributed by atoms with Crippen molar-refractivity contribution >= 4 is 27.3 Å². The molecule has 0 fully saturated rings. The van der Waals surface area contributed by atoms with Gasteiger partial charge in [0.1, 0.15) is 10.0 Å². The lowest BCUT2D eigenvalue weighted by atomic mass is 10.1. The van der Waals surface area contributed by atoms with Crippen LogP contribution in [-0.2, 0) is 16.4 Å². The lowest BCUT2D eigenvalue weighted by molar-refractivity contribution is 0.584. The molecule has 0 aliphatic heterocycles. The highest BCUT2D eigenvalue weighted by molar-refractivity contribution is 7.91. The first-order valence-corrected chi connectivity index (χ1v) is 10.7. The van der Waals surface area contributed by atoms with Crippen LogP contribution in [0.2, 0.25) is 0 Å². The largest absolute Gasteiger partial charge is 0.357 e. The van der Waals surface area contributed by atoms with Crippen molar-refractivity contribution in [3.05, 3.63) is 53.2 Å². The van der Waals surface area contributed by atoms with Crippen LogP contribution in [0.3, 0.4) is 0 Å². The average molecular weight is 399 g/mol. The molecule has 3 N–H and O–H groups in total. The van der Waals surface area contributed by atoms with Crippen LogP contribution in [0, 0.1) is 5.82 Å². The molecule has 1 aromatic carbocycles. The van der Waals surface area contributed by atoms with Crippen molar-refractivity contribution in [1.29, 1.82) is 0 Å². The number of rotatable bonds is 9. The molecule has 0 amide bonds. The second-order valence-corrected chi connectivity index (χ2v) is 8.34. The SMILES string of the molecule is CCNC(=NCCNS(=O)(=O)c1cccs1)NCCc1ccc(F)cc1. The number of aliphatic imine (C=N–C) groups is 1. The van der Waals surface area contributed by atoms with E-state index < -0.39 is 10.0 Å². The summed E-state index contributed by atoms with van der Waals surface area (Å²) in [5.41, 5.74) is 1.03. The molecule has 9 heteroatoms. The predicted octanol–water partition coefficient (Wildman–Crippen LogP) is 1.96. The highest BCUT2D eigenvalue weighted by atomic mass is 32.2. The lowest BCUT2D eigenvalue weighted by Crippen LogP contribution is -2.39. The minimum Gasteiger partial charge on any atom is -0.357 e. The molecular formula is C17H23FN4O2S2. The Hall–Kier alpha value is -1.97. The number of benzene rings is 1. The van der Waals surface area contributed by atoms with Crippen LogP contribution in [-0.4, -0.2) is 40.6 Å². The fraction of sp³-hybridized carbons (Fsp3) is 0.353. The van der Waals surface area contributed by atoms with Gasteiger partial charge in [0.2, 0.25) is 10.0 Å². The zero-order valence-electron chi connectivity index (χ0n) is 14.5. The van der Waals surface area contributed by atoms with Gasteiger partial charge in [-0.05, 0) is 42.5 Å². The van der Waals surface area contributed by atoms with Crippen molar-refractivity contribution in [3.63, 3.8) is 0 Å². The monoisotopic (exact) mass is 398 g/mol. The van der Waals surface area contributed by atoms with Gasteiger partial charge >= 0.3 is 0 Å². The van der Waals surface area contributed by atoms with Crippen molar-refractivity contribution in [2.45, 2.75) is 17.6 Å². The summed E-state index contributed by atoms with van der Waals surface area (Å²) in [7, 11) is -3.46. The molecule has 0 spiro atoms. The summed E-state index contributed by atoms with van der Waals surface area (Å²) in [4.78, 5) is 4.35. The Kier molecular flexibility index (Phi) is 8.02. The third kappa shape index (κ3) is 6.74. The molecule has 2 rings (SSSR count). The van der Waals surface area contributed by atoms with E-state index in [-0.39, 0.29) is 12.4 Å². The third-order valence-corrected chi connectivity index (χ3v) is 6.26. The fourth-order valence-corrected chi connectivity index (χ4v) is 4.21. The van der Waals surface area contributed by atoms with Gasteiger partial charge in [0.15, 0.2) is 5.96 Å². The van der Waals surface area contributed by atoms with E-state index >= 15 is 0 Å². The smallest absolute Gasteiger partial charge is 0.250 e. The van der Waals surface area contributed by atoms with E-state index in [2.05, 4.69) is 20.3 Å². The van der Waals surface area contributed by atoms with Crippen molar-refractivity contribution in [2.75, 3.05) is 26.2 Å². The van der Waals surface area contributed by atoms with Gasteiger partial charge in [0.25, 0.3) is 0 Å². The number of thiophene rings is 1. The van der Waals surface area contributed by atoms with E-state index in [0.717, 1.165) is 12.0 Å². The van der Waals surface area contributed by atoms with Crippen molar-refractivity contribution in [1.82, 2.24) is 15.4 Å². The summed E-state index contributed by atoms with van der Waals surface area (Å²) in [6.07, 6.45) is 0.732. The van der Waals surface area contributed by atoms with Crippen LogP contribution in [0.1, 0.15) is 12.5 Å². The minimum absolute atomic E-state index is 0.217. The zero-order valence-corrected chi connectivity index (χ0v) is 16.2. The molecule has 1 aromatic heterocycles. The van der Waals surface area contributed by atoms with Crippen molar-refractivity contribution in [3.8, 4) is 0 Å². The Bertz CT molecular complexity index is 791. The maximum Gasteiger partial charge on any atom is 0.250 e. The molecular weight excluding hydrogens is 375 g/mol. The fourth-order valence-electron chi connectivity index (χ4n) is 2.15. The van der Waals surface area contributed by atoms with E-state index in [0.29, 0.717) is 29.8 Å². The molecule has 6 nitrogen and oxygen atoms in total. The summed E-state index contributed by atoms with van der Waals surface area (Å²) in [5, 5.41) is 8.01. The van der Waals surface area contributed by atoms with Crippen LogP contribution < -0.4 is 15.4 Å². The van der Waals surface area contributed by atoms with Crippen LogP contribution >= 0.6 is 11.3 Å². The van der Waals surface area contributed by atoms with E-state index in [1.165, 1.54) is 23.5 Å². The van der Waals surface area contributed by atoms with Crippen molar-refractivity contribution < 1.29 is 12.8 Å². The van der Waals surface area contributed by atoms with Crippen LogP contribution in [0.4, 0.5) is 4.39 Å². The number of sulfonamides is 1. The summed E-state index contributed by atoms with van der Waals surface area (Å²) in [6, 6.07) is 9.65. The second-order valence-electron chi connectivity index (χ2n) is 5.39. The number of nitrogens with one attached hydrogen (secondary N) is 3. The Morgan fingerprint density at radius 1 is 1.15 bits per heavy atom. The summed E-state index contributed by atoms with van der Waals surface area (Å²) in [6.45, 7) is 3.82. The maximum absolute atomic E-state index is 12.9. The maximum atomic E-state index is 12.9. The van der Waals surface area contributed by atoms with E-state index in [1.807, 2.05) is 6.92 Å².